The number of likely N-dealkylation sites (tertiary alicyclic amines) is 1. The first kappa shape index (κ1) is 17.5. The van der Waals surface area contributed by atoms with Crippen LogP contribution < -0.4 is 0 Å². The molecule has 1 aliphatic heterocycles. The molecule has 0 aliphatic carbocycles. The summed E-state index contributed by atoms with van der Waals surface area (Å²) >= 11 is 0. The summed E-state index contributed by atoms with van der Waals surface area (Å²) in [4.78, 5) is 16.6. The maximum absolute atomic E-state index is 12.8. The molecule has 3 rings (SSSR count). The van der Waals surface area contributed by atoms with Crippen molar-refractivity contribution in [2.45, 2.75) is 24.9 Å². The maximum atomic E-state index is 12.8. The highest BCUT2D eigenvalue weighted by Crippen LogP contribution is 2.24. The summed E-state index contributed by atoms with van der Waals surface area (Å²) in [7, 11) is 3.91. The predicted molar refractivity (Wildman–Crippen MR) is 92.4 cm³/mol. The third kappa shape index (κ3) is 4.21. The fourth-order valence-corrected chi connectivity index (χ4v) is 3.35. The number of hydrogen-bond acceptors (Lipinski definition) is 6. The van der Waals surface area contributed by atoms with Crippen LogP contribution in [0.1, 0.15) is 29.6 Å². The zero-order chi connectivity index (χ0) is 17.9. The maximum Gasteiger partial charge on any atom is 0.253 e. The van der Waals surface area contributed by atoms with Crippen molar-refractivity contribution in [2.24, 2.45) is 0 Å². The van der Waals surface area contributed by atoms with Gasteiger partial charge < -0.3 is 14.9 Å². The fourth-order valence-electron chi connectivity index (χ4n) is 3.35. The van der Waals surface area contributed by atoms with E-state index in [-0.39, 0.29) is 5.91 Å². The Morgan fingerprint density at radius 3 is 2.64 bits per heavy atom. The first-order valence-corrected chi connectivity index (χ1v) is 8.47. The normalized spacial score (nSPS) is 21.4. The van der Waals surface area contributed by atoms with E-state index in [4.69, 9.17) is 0 Å². The Morgan fingerprint density at radius 1 is 1.24 bits per heavy atom. The Balaban J connectivity index is 1.67. The molecule has 8 nitrogen and oxygen atoms in total. The molecular weight excluding hydrogens is 320 g/mol. The SMILES string of the molecule is CN(C)C[C@]1(O)CCCN(C(=O)c2ccc(-n3cnnn3)cc2)CC1. The van der Waals surface area contributed by atoms with Gasteiger partial charge in [0.2, 0.25) is 0 Å². The zero-order valence-corrected chi connectivity index (χ0v) is 14.7. The molecule has 1 aliphatic rings. The Labute approximate surface area is 147 Å². The second-order valence-corrected chi connectivity index (χ2v) is 6.91. The molecule has 1 aromatic carbocycles. The molecule has 1 amide bonds. The topological polar surface area (TPSA) is 87.4 Å². The lowest BCUT2D eigenvalue weighted by Gasteiger charge is -2.30. The van der Waals surface area contributed by atoms with Gasteiger partial charge in [0.1, 0.15) is 6.33 Å². The molecule has 1 N–H and O–H groups in total. The van der Waals surface area contributed by atoms with Crippen LogP contribution in [0.4, 0.5) is 0 Å². The Bertz CT molecular complexity index is 700. The van der Waals surface area contributed by atoms with Gasteiger partial charge in [-0.05, 0) is 68.1 Å². The van der Waals surface area contributed by atoms with Crippen LogP contribution in [0.5, 0.6) is 0 Å². The summed E-state index contributed by atoms with van der Waals surface area (Å²) < 4.78 is 1.54. The lowest BCUT2D eigenvalue weighted by Crippen LogP contribution is -2.41. The number of hydrogen-bond donors (Lipinski definition) is 1. The van der Waals surface area contributed by atoms with E-state index in [1.54, 1.807) is 16.8 Å². The molecular formula is C17H24N6O2. The van der Waals surface area contributed by atoms with Gasteiger partial charge in [0.15, 0.2) is 0 Å². The van der Waals surface area contributed by atoms with Crippen LogP contribution >= 0.6 is 0 Å². The zero-order valence-electron chi connectivity index (χ0n) is 14.7. The van der Waals surface area contributed by atoms with E-state index >= 15 is 0 Å². The number of aliphatic hydroxyl groups is 1. The molecule has 1 fully saturated rings. The van der Waals surface area contributed by atoms with Gasteiger partial charge in [0.25, 0.3) is 5.91 Å². The van der Waals surface area contributed by atoms with Gasteiger partial charge in [-0.15, -0.1) is 5.10 Å². The summed E-state index contributed by atoms with van der Waals surface area (Å²) in [5.74, 6) is -0.00244. The molecule has 0 saturated carbocycles. The van der Waals surface area contributed by atoms with E-state index in [9.17, 15) is 9.90 Å². The number of nitrogens with zero attached hydrogens (tertiary/aromatic N) is 6. The lowest BCUT2D eigenvalue weighted by atomic mass is 9.94. The first-order chi connectivity index (χ1) is 12.0. The van der Waals surface area contributed by atoms with Gasteiger partial charge in [0, 0.05) is 25.2 Å². The second-order valence-electron chi connectivity index (χ2n) is 6.91. The summed E-state index contributed by atoms with van der Waals surface area (Å²) in [6.07, 6.45) is 3.63. The monoisotopic (exact) mass is 344 g/mol. The van der Waals surface area contributed by atoms with Crippen LogP contribution in [-0.2, 0) is 0 Å². The predicted octanol–water partition coefficient (Wildman–Crippen LogP) is 0.581. The summed E-state index contributed by atoms with van der Waals surface area (Å²) in [5, 5.41) is 21.8. The molecule has 1 aromatic heterocycles. The van der Waals surface area contributed by atoms with Crippen molar-refractivity contribution < 1.29 is 9.90 Å². The van der Waals surface area contributed by atoms with E-state index in [0.29, 0.717) is 38.0 Å². The number of likely N-dealkylation sites (N-methyl/N-ethyl adjacent to an activating group) is 1. The highest BCUT2D eigenvalue weighted by atomic mass is 16.3. The van der Waals surface area contributed by atoms with Gasteiger partial charge in [-0.2, -0.15) is 0 Å². The summed E-state index contributed by atoms with van der Waals surface area (Å²) in [6, 6.07) is 7.22. The quantitative estimate of drug-likeness (QED) is 0.873. The highest BCUT2D eigenvalue weighted by Gasteiger charge is 2.32. The van der Waals surface area contributed by atoms with Gasteiger partial charge in [-0.1, -0.05) is 0 Å². The van der Waals surface area contributed by atoms with E-state index in [2.05, 4.69) is 15.5 Å². The minimum Gasteiger partial charge on any atom is -0.388 e. The van der Waals surface area contributed by atoms with Crippen molar-refractivity contribution in [1.29, 1.82) is 0 Å². The van der Waals surface area contributed by atoms with E-state index < -0.39 is 5.60 Å². The summed E-state index contributed by atoms with van der Waals surface area (Å²) in [6.45, 7) is 1.86. The van der Waals surface area contributed by atoms with Crippen molar-refractivity contribution in [2.75, 3.05) is 33.7 Å². The number of aromatic nitrogens is 4. The Kier molecular flexibility index (Phi) is 5.10. The molecule has 0 unspecified atom stereocenters. The van der Waals surface area contributed by atoms with Crippen LogP contribution in [0.2, 0.25) is 0 Å². The van der Waals surface area contributed by atoms with Gasteiger partial charge >= 0.3 is 0 Å². The van der Waals surface area contributed by atoms with E-state index in [1.165, 1.54) is 6.33 Å². The van der Waals surface area contributed by atoms with Crippen LogP contribution in [0.25, 0.3) is 5.69 Å². The molecule has 0 spiro atoms. The molecule has 8 heteroatoms. The molecule has 25 heavy (non-hydrogen) atoms. The molecule has 0 radical (unpaired) electrons. The van der Waals surface area contributed by atoms with Crippen molar-refractivity contribution in [3.63, 3.8) is 0 Å². The van der Waals surface area contributed by atoms with Gasteiger partial charge in [-0.3, -0.25) is 4.79 Å². The van der Waals surface area contributed by atoms with E-state index in [0.717, 1.165) is 12.1 Å². The summed E-state index contributed by atoms with van der Waals surface area (Å²) in [5.41, 5.74) is 0.718. The minimum atomic E-state index is -0.720. The third-order valence-electron chi connectivity index (χ3n) is 4.54. The molecule has 0 bridgehead atoms. The van der Waals surface area contributed by atoms with Crippen molar-refractivity contribution in [3.05, 3.63) is 36.2 Å². The van der Waals surface area contributed by atoms with Crippen molar-refractivity contribution >= 4 is 5.91 Å². The number of tetrazole rings is 1. The highest BCUT2D eigenvalue weighted by molar-refractivity contribution is 5.94. The Morgan fingerprint density at radius 2 is 2.00 bits per heavy atom. The van der Waals surface area contributed by atoms with Crippen molar-refractivity contribution in [1.82, 2.24) is 30.0 Å². The van der Waals surface area contributed by atoms with E-state index in [1.807, 2.05) is 36.0 Å². The minimum absolute atomic E-state index is 0.00244. The van der Waals surface area contributed by atoms with Crippen LogP contribution in [-0.4, -0.2) is 80.4 Å². The largest absolute Gasteiger partial charge is 0.388 e. The standard InChI is InChI=1S/C17H24N6O2/c1-21(2)12-17(25)8-3-10-22(11-9-17)16(24)14-4-6-15(7-5-14)23-13-18-19-20-23/h4-7,13,25H,3,8-12H2,1-2H3/t17-/m0/s1. The number of carbonyl (C=O) groups is 1. The fraction of sp³-hybridized carbons (Fsp3) is 0.529. The van der Waals surface area contributed by atoms with Crippen LogP contribution in [0, 0.1) is 0 Å². The third-order valence-corrected chi connectivity index (χ3v) is 4.54. The van der Waals surface area contributed by atoms with Crippen LogP contribution in [0.3, 0.4) is 0 Å². The Hall–Kier alpha value is -2.32. The number of rotatable bonds is 4. The number of carbonyl (C=O) groups excluding carboxylic acids is 1. The molecule has 2 aromatic rings. The van der Waals surface area contributed by atoms with Gasteiger partial charge in [-0.25, -0.2) is 4.68 Å². The second kappa shape index (κ2) is 7.28. The number of amides is 1. The molecule has 2 heterocycles. The number of benzene rings is 1. The molecule has 1 atom stereocenters. The molecule has 1 saturated heterocycles. The average molecular weight is 344 g/mol. The lowest BCUT2D eigenvalue weighted by molar-refractivity contribution is 0.00305. The smallest absolute Gasteiger partial charge is 0.253 e. The van der Waals surface area contributed by atoms with Crippen LogP contribution in [0.15, 0.2) is 30.6 Å². The average Bonchev–Trinajstić information content (AvgIpc) is 3.05. The van der Waals surface area contributed by atoms with Gasteiger partial charge in [0.05, 0.1) is 11.3 Å². The first-order valence-electron chi connectivity index (χ1n) is 8.47. The van der Waals surface area contributed by atoms with Crippen molar-refractivity contribution in [3.8, 4) is 5.69 Å². The molecule has 134 valence electrons.